The third-order valence-electron chi connectivity index (χ3n) is 1.08. The molecule has 0 radical (unpaired) electrons. The van der Waals surface area contributed by atoms with E-state index in [0.717, 1.165) is 0 Å². The van der Waals surface area contributed by atoms with E-state index in [0.29, 0.717) is 0 Å². The SMILES string of the molecule is [O-][N+]1=NN=NC1=C1N=NN=[N+]1[O-]. The second-order valence-corrected chi connectivity index (χ2v) is 1.75. The summed E-state index contributed by atoms with van der Waals surface area (Å²) in [6, 6.07) is 0. The maximum absolute atomic E-state index is 10.7. The summed E-state index contributed by atoms with van der Waals surface area (Å²) in [5.41, 5.74) is 0. The molecule has 0 spiro atoms. The average Bonchev–Trinajstić information content (AvgIpc) is 2.59. The van der Waals surface area contributed by atoms with Crippen molar-refractivity contribution in [2.24, 2.45) is 31.1 Å². The maximum Gasteiger partial charge on any atom is 0.410 e. The Labute approximate surface area is 64.0 Å². The van der Waals surface area contributed by atoms with Gasteiger partial charge in [0.25, 0.3) is 0 Å². The van der Waals surface area contributed by atoms with Crippen LogP contribution >= 0.6 is 0 Å². The van der Waals surface area contributed by atoms with Crippen molar-refractivity contribution in [3.8, 4) is 0 Å². The average molecular weight is 168 g/mol. The van der Waals surface area contributed by atoms with Gasteiger partial charge < -0.3 is 10.4 Å². The summed E-state index contributed by atoms with van der Waals surface area (Å²) in [5, 5.41) is 39.9. The van der Waals surface area contributed by atoms with Crippen molar-refractivity contribution in [1.29, 1.82) is 0 Å². The highest BCUT2D eigenvalue weighted by molar-refractivity contribution is 4.95. The van der Waals surface area contributed by atoms with Gasteiger partial charge in [-0.3, -0.25) is 0 Å². The minimum Gasteiger partial charge on any atom is -0.721 e. The molecule has 0 aliphatic carbocycles. The molecule has 0 aromatic rings. The minimum absolute atomic E-state index is 0.0556. The van der Waals surface area contributed by atoms with Crippen molar-refractivity contribution in [3.63, 3.8) is 0 Å². The topological polar surface area (TPSA) is 126 Å². The van der Waals surface area contributed by atoms with Crippen LogP contribution in [0, 0.1) is 10.4 Å². The van der Waals surface area contributed by atoms with Gasteiger partial charge in [-0.1, -0.05) is 0 Å². The van der Waals surface area contributed by atoms with Gasteiger partial charge in [0.15, 0.2) is 0 Å². The first kappa shape index (κ1) is 6.45. The molecular weight excluding hydrogens is 168 g/mol. The highest BCUT2D eigenvalue weighted by Gasteiger charge is 2.30. The molecule has 10 nitrogen and oxygen atoms in total. The van der Waals surface area contributed by atoms with E-state index in [1.807, 2.05) is 0 Å². The molecule has 2 rings (SSSR count). The molecule has 10 heteroatoms. The van der Waals surface area contributed by atoms with Crippen LogP contribution in [0.5, 0.6) is 0 Å². The van der Waals surface area contributed by atoms with Gasteiger partial charge in [-0.15, -0.1) is 9.72 Å². The van der Waals surface area contributed by atoms with E-state index in [2.05, 4.69) is 31.1 Å². The lowest BCUT2D eigenvalue weighted by molar-refractivity contribution is -0.513. The zero-order chi connectivity index (χ0) is 8.55. The van der Waals surface area contributed by atoms with Crippen LogP contribution in [0.25, 0.3) is 0 Å². The lowest BCUT2D eigenvalue weighted by atomic mass is 10.7. The standard InChI is InChI=1S/C2N8O2/c11-9-1(3-5-7-9)2-4-6-8-10(2)12. The van der Waals surface area contributed by atoms with Gasteiger partial charge >= 0.3 is 11.6 Å². The van der Waals surface area contributed by atoms with Crippen molar-refractivity contribution in [1.82, 2.24) is 0 Å². The molecule has 0 fully saturated rings. The molecule has 2 aliphatic heterocycles. The van der Waals surface area contributed by atoms with Crippen molar-refractivity contribution in [3.05, 3.63) is 22.1 Å². The van der Waals surface area contributed by atoms with Crippen LogP contribution in [0.4, 0.5) is 0 Å². The van der Waals surface area contributed by atoms with Crippen molar-refractivity contribution in [2.45, 2.75) is 0 Å². The molecule has 0 aromatic carbocycles. The smallest absolute Gasteiger partial charge is 0.410 e. The van der Waals surface area contributed by atoms with E-state index < -0.39 is 0 Å². The summed E-state index contributed by atoms with van der Waals surface area (Å²) in [6.45, 7) is 0. The molecule has 0 unspecified atom stereocenters. The molecule has 0 aromatic heterocycles. The third kappa shape index (κ3) is 0.744. The predicted molar refractivity (Wildman–Crippen MR) is 28.8 cm³/mol. The summed E-state index contributed by atoms with van der Waals surface area (Å²) in [7, 11) is 0. The number of hydrogen-bond acceptors (Lipinski definition) is 8. The Morgan fingerprint density at radius 2 is 1.25 bits per heavy atom. The Balaban J connectivity index is 2.52. The fourth-order valence-corrected chi connectivity index (χ4v) is 0.619. The van der Waals surface area contributed by atoms with Crippen LogP contribution in [0.1, 0.15) is 0 Å². The van der Waals surface area contributed by atoms with Gasteiger partial charge in [-0.05, 0) is 0 Å². The predicted octanol–water partition coefficient (Wildman–Crippen LogP) is 0.800. The molecule has 0 N–H and O–H groups in total. The number of hydroxylamine groups is 2. The zero-order valence-electron chi connectivity index (χ0n) is 5.39. The molecule has 2 heterocycles. The van der Waals surface area contributed by atoms with Crippen LogP contribution < -0.4 is 0 Å². The summed E-state index contributed by atoms with van der Waals surface area (Å²) < 4.78 is 0. The Hall–Kier alpha value is -2.26. The van der Waals surface area contributed by atoms with Crippen LogP contribution in [0.15, 0.2) is 42.8 Å². The minimum atomic E-state index is -0.324. The summed E-state index contributed by atoms with van der Waals surface area (Å²) in [5.74, 6) is -0.648. The summed E-state index contributed by atoms with van der Waals surface area (Å²) in [4.78, 5) is 0.111. The van der Waals surface area contributed by atoms with Crippen LogP contribution in [-0.4, -0.2) is 9.72 Å². The molecule has 0 saturated carbocycles. The number of hydrogen-bond donors (Lipinski definition) is 0. The highest BCUT2D eigenvalue weighted by atomic mass is 16.5. The molecule has 0 saturated heterocycles. The van der Waals surface area contributed by atoms with E-state index in [1.54, 1.807) is 0 Å². The van der Waals surface area contributed by atoms with E-state index in [-0.39, 0.29) is 21.4 Å². The quantitative estimate of drug-likeness (QED) is 0.391. The molecule has 12 heavy (non-hydrogen) atoms. The molecular formula is C2N8O2. The first-order valence-corrected chi connectivity index (χ1v) is 2.71. The lowest BCUT2D eigenvalue weighted by Gasteiger charge is -1.98. The second kappa shape index (κ2) is 2.11. The maximum atomic E-state index is 10.7. The van der Waals surface area contributed by atoms with Gasteiger partial charge in [0, 0.05) is 0 Å². The molecule has 0 atom stereocenters. The van der Waals surface area contributed by atoms with E-state index in [1.165, 1.54) is 0 Å². The monoisotopic (exact) mass is 168 g/mol. The van der Waals surface area contributed by atoms with E-state index in [9.17, 15) is 10.4 Å². The normalized spacial score (nSPS) is 26.3. The van der Waals surface area contributed by atoms with Crippen LogP contribution in [-0.2, 0) is 0 Å². The second-order valence-electron chi connectivity index (χ2n) is 1.75. The van der Waals surface area contributed by atoms with E-state index >= 15 is 0 Å². The summed E-state index contributed by atoms with van der Waals surface area (Å²) in [6.07, 6.45) is 0. The zero-order valence-corrected chi connectivity index (χ0v) is 5.39. The third-order valence-corrected chi connectivity index (χ3v) is 1.08. The number of nitrogens with zero attached hydrogens (tertiary/aromatic N) is 8. The van der Waals surface area contributed by atoms with Crippen LogP contribution in [0.3, 0.4) is 0 Å². The summed E-state index contributed by atoms with van der Waals surface area (Å²) >= 11 is 0. The van der Waals surface area contributed by atoms with Crippen LogP contribution in [0.2, 0.25) is 0 Å². The fraction of sp³-hybridized carbons (Fsp3) is 0. The highest BCUT2D eigenvalue weighted by Crippen LogP contribution is 2.19. The Bertz CT molecular complexity index is 337. The first-order valence-electron chi connectivity index (χ1n) is 2.71. The van der Waals surface area contributed by atoms with Gasteiger partial charge in [0.2, 0.25) is 10.4 Å². The Kier molecular flexibility index (Phi) is 1.14. The van der Waals surface area contributed by atoms with E-state index in [4.69, 9.17) is 0 Å². The van der Waals surface area contributed by atoms with Crippen molar-refractivity contribution in [2.75, 3.05) is 0 Å². The first-order chi connectivity index (χ1) is 5.79. The Morgan fingerprint density at radius 3 is 1.50 bits per heavy atom. The Morgan fingerprint density at radius 1 is 0.833 bits per heavy atom. The lowest BCUT2D eigenvalue weighted by Crippen LogP contribution is -2.03. The number of rotatable bonds is 0. The molecule has 0 amide bonds. The fourth-order valence-electron chi connectivity index (χ4n) is 0.619. The molecule has 0 bridgehead atoms. The largest absolute Gasteiger partial charge is 0.721 e. The van der Waals surface area contributed by atoms with Gasteiger partial charge in [-0.2, -0.15) is 0 Å². The van der Waals surface area contributed by atoms with Gasteiger partial charge in [0.05, 0.1) is 0 Å². The van der Waals surface area contributed by atoms with Crippen molar-refractivity contribution < 1.29 is 9.72 Å². The molecule has 2 aliphatic rings. The van der Waals surface area contributed by atoms with Crippen molar-refractivity contribution >= 4 is 0 Å². The van der Waals surface area contributed by atoms with Gasteiger partial charge in [-0.25, -0.2) is 0 Å². The van der Waals surface area contributed by atoms with Gasteiger partial charge in [0.1, 0.15) is 20.7 Å². The molecule has 60 valence electrons.